The molecule has 4 rings (SSSR count). The molecule has 3 heterocycles. The molecule has 2 aliphatic rings. The topological polar surface area (TPSA) is 54.3 Å². The van der Waals surface area contributed by atoms with Crippen molar-refractivity contribution in [1.29, 1.82) is 0 Å². The molecule has 0 spiro atoms. The van der Waals surface area contributed by atoms with E-state index >= 15 is 0 Å². The van der Waals surface area contributed by atoms with Crippen molar-refractivity contribution in [1.82, 2.24) is 14.8 Å². The van der Waals surface area contributed by atoms with Crippen LogP contribution in [0.1, 0.15) is 28.4 Å². The van der Waals surface area contributed by atoms with Crippen LogP contribution in [0.3, 0.4) is 0 Å². The number of alkyl halides is 3. The largest absolute Gasteiger partial charge is 0.332 e. The van der Waals surface area contributed by atoms with Gasteiger partial charge in [-0.25, -0.2) is 0 Å². The summed E-state index contributed by atoms with van der Waals surface area (Å²) in [4.78, 5) is 27.0. The monoisotopic (exact) mass is 473 g/mol. The standard InChI is InChI=1S/C20H19Cl4N3O2/c21-15-6-4-13(5-7-15)18(29)25-19(20(22,23)24)26-9-12-8-14(11-26)16-2-1-3-17(28)27(16)10-12/h1-7,12,14,19H,8-11H2,(H,25,29). The highest BCUT2D eigenvalue weighted by Gasteiger charge is 2.44. The van der Waals surface area contributed by atoms with E-state index in [-0.39, 0.29) is 23.3 Å². The molecule has 1 aromatic heterocycles. The third-order valence-electron chi connectivity index (χ3n) is 5.56. The Labute approximate surface area is 188 Å². The third-order valence-corrected chi connectivity index (χ3v) is 6.43. The zero-order chi connectivity index (χ0) is 20.8. The van der Waals surface area contributed by atoms with Gasteiger partial charge in [0, 0.05) is 47.9 Å². The predicted molar refractivity (Wildman–Crippen MR) is 116 cm³/mol. The molecule has 5 nitrogen and oxygen atoms in total. The zero-order valence-corrected chi connectivity index (χ0v) is 18.3. The lowest BCUT2D eigenvalue weighted by atomic mass is 9.83. The van der Waals surface area contributed by atoms with Gasteiger partial charge in [-0.2, -0.15) is 0 Å². The minimum Gasteiger partial charge on any atom is -0.332 e. The first-order valence-electron chi connectivity index (χ1n) is 9.29. The molecule has 1 saturated heterocycles. The molecule has 1 N–H and O–H groups in total. The smallest absolute Gasteiger partial charge is 0.252 e. The van der Waals surface area contributed by atoms with E-state index < -0.39 is 9.96 Å². The number of pyridine rings is 1. The number of carbonyl (C=O) groups is 1. The van der Waals surface area contributed by atoms with Crippen molar-refractivity contribution in [2.24, 2.45) is 5.92 Å². The predicted octanol–water partition coefficient (Wildman–Crippen LogP) is 4.05. The van der Waals surface area contributed by atoms with Crippen LogP contribution in [-0.4, -0.2) is 38.4 Å². The van der Waals surface area contributed by atoms with Gasteiger partial charge in [0.15, 0.2) is 0 Å². The van der Waals surface area contributed by atoms with Gasteiger partial charge in [0.2, 0.25) is 3.79 Å². The number of benzene rings is 1. The maximum absolute atomic E-state index is 12.7. The van der Waals surface area contributed by atoms with Gasteiger partial charge in [0.25, 0.3) is 11.5 Å². The van der Waals surface area contributed by atoms with E-state index in [9.17, 15) is 9.59 Å². The first kappa shape index (κ1) is 21.0. The fourth-order valence-corrected chi connectivity index (χ4v) is 5.04. The van der Waals surface area contributed by atoms with Crippen molar-refractivity contribution in [3.63, 3.8) is 0 Å². The number of hydrogen-bond donors (Lipinski definition) is 1. The van der Waals surface area contributed by atoms with Gasteiger partial charge in [-0.1, -0.05) is 52.5 Å². The zero-order valence-electron chi connectivity index (χ0n) is 15.3. The Morgan fingerprint density at radius 1 is 1.07 bits per heavy atom. The molecule has 9 heteroatoms. The summed E-state index contributed by atoms with van der Waals surface area (Å²) in [6.07, 6.45) is 0.167. The molecule has 3 atom stereocenters. The van der Waals surface area contributed by atoms with Crippen LogP contribution in [-0.2, 0) is 6.54 Å². The number of aromatic nitrogens is 1. The number of likely N-dealkylation sites (tertiary alicyclic amines) is 1. The average Bonchev–Trinajstić information content (AvgIpc) is 2.66. The summed E-state index contributed by atoms with van der Waals surface area (Å²) in [6, 6.07) is 11.9. The van der Waals surface area contributed by atoms with Gasteiger partial charge < -0.3 is 9.88 Å². The number of halogens is 4. The minimum atomic E-state index is -1.72. The lowest BCUT2D eigenvalue weighted by Gasteiger charge is -2.47. The van der Waals surface area contributed by atoms with E-state index in [1.54, 1.807) is 36.4 Å². The first-order chi connectivity index (χ1) is 13.7. The number of fused-ring (bicyclic) bond motifs is 4. The summed E-state index contributed by atoms with van der Waals surface area (Å²) < 4.78 is 0.122. The molecule has 3 unspecified atom stereocenters. The van der Waals surface area contributed by atoms with E-state index in [2.05, 4.69) is 5.32 Å². The van der Waals surface area contributed by atoms with E-state index in [1.807, 2.05) is 15.5 Å². The molecule has 2 aliphatic heterocycles. The van der Waals surface area contributed by atoms with Crippen molar-refractivity contribution in [2.45, 2.75) is 28.8 Å². The molecule has 2 aromatic rings. The van der Waals surface area contributed by atoms with Crippen molar-refractivity contribution in [3.05, 3.63) is 69.1 Å². The van der Waals surface area contributed by atoms with Crippen LogP contribution in [0.2, 0.25) is 5.02 Å². The fourth-order valence-electron chi connectivity index (χ4n) is 4.33. The number of hydrogen-bond acceptors (Lipinski definition) is 3. The Morgan fingerprint density at radius 3 is 2.48 bits per heavy atom. The Balaban J connectivity index is 1.58. The highest BCUT2D eigenvalue weighted by molar-refractivity contribution is 6.68. The molecule has 0 radical (unpaired) electrons. The highest BCUT2D eigenvalue weighted by Crippen LogP contribution is 2.40. The molecule has 0 saturated carbocycles. The van der Waals surface area contributed by atoms with Crippen LogP contribution < -0.4 is 10.9 Å². The van der Waals surface area contributed by atoms with Gasteiger partial charge >= 0.3 is 0 Å². The summed E-state index contributed by atoms with van der Waals surface area (Å²) in [7, 11) is 0. The lowest BCUT2D eigenvalue weighted by Crippen LogP contribution is -2.60. The third kappa shape index (κ3) is 4.44. The number of rotatable bonds is 3. The van der Waals surface area contributed by atoms with Crippen molar-refractivity contribution in [2.75, 3.05) is 13.1 Å². The quantitative estimate of drug-likeness (QED) is 0.682. The summed E-state index contributed by atoms with van der Waals surface area (Å²) >= 11 is 24.7. The second kappa shape index (κ2) is 8.12. The van der Waals surface area contributed by atoms with E-state index in [4.69, 9.17) is 46.4 Å². The minimum absolute atomic E-state index is 0.0135. The number of amides is 1. The molecule has 29 heavy (non-hydrogen) atoms. The second-order valence-corrected chi connectivity index (χ2v) is 10.4. The van der Waals surface area contributed by atoms with Crippen LogP contribution in [0.15, 0.2) is 47.3 Å². The molecular formula is C20H19Cl4N3O2. The van der Waals surface area contributed by atoms with Gasteiger partial charge in [-0.15, -0.1) is 0 Å². The summed E-state index contributed by atoms with van der Waals surface area (Å²) in [5, 5.41) is 3.41. The van der Waals surface area contributed by atoms with E-state index in [1.165, 1.54) is 0 Å². The highest BCUT2D eigenvalue weighted by atomic mass is 35.6. The maximum atomic E-state index is 12.7. The van der Waals surface area contributed by atoms with Crippen LogP contribution in [0.4, 0.5) is 0 Å². The molecule has 1 amide bonds. The Bertz CT molecular complexity index is 971. The summed E-state index contributed by atoms with van der Waals surface area (Å²) in [5.74, 6) is 0.0349. The molecule has 2 bridgehead atoms. The maximum Gasteiger partial charge on any atom is 0.252 e. The summed E-state index contributed by atoms with van der Waals surface area (Å²) in [5.41, 5.74) is 1.44. The number of nitrogens with one attached hydrogen (secondary N) is 1. The number of nitrogens with zero attached hydrogens (tertiary/aromatic N) is 2. The Kier molecular flexibility index (Phi) is 5.88. The van der Waals surface area contributed by atoms with Gasteiger partial charge in [0.05, 0.1) is 0 Å². The molecule has 0 aliphatic carbocycles. The van der Waals surface area contributed by atoms with Gasteiger partial charge in [-0.05, 0) is 42.7 Å². The van der Waals surface area contributed by atoms with E-state index in [0.29, 0.717) is 30.2 Å². The van der Waals surface area contributed by atoms with Crippen LogP contribution >= 0.6 is 46.4 Å². The van der Waals surface area contributed by atoms with Crippen LogP contribution in [0, 0.1) is 5.92 Å². The normalized spacial score (nSPS) is 22.6. The molecule has 1 fully saturated rings. The van der Waals surface area contributed by atoms with Crippen molar-refractivity contribution >= 4 is 52.3 Å². The van der Waals surface area contributed by atoms with Gasteiger partial charge in [-0.3, -0.25) is 14.5 Å². The van der Waals surface area contributed by atoms with E-state index in [0.717, 1.165) is 12.1 Å². The van der Waals surface area contributed by atoms with Crippen molar-refractivity contribution < 1.29 is 4.79 Å². The molecule has 154 valence electrons. The second-order valence-electron chi connectivity index (χ2n) is 7.58. The first-order valence-corrected chi connectivity index (χ1v) is 10.8. The Morgan fingerprint density at radius 2 is 1.79 bits per heavy atom. The van der Waals surface area contributed by atoms with Gasteiger partial charge in [0.1, 0.15) is 6.17 Å². The lowest BCUT2D eigenvalue weighted by molar-refractivity contribution is 0.0586. The fraction of sp³-hybridized carbons (Fsp3) is 0.400. The Hall–Kier alpha value is -1.24. The molecule has 1 aromatic carbocycles. The average molecular weight is 475 g/mol. The molecular weight excluding hydrogens is 456 g/mol. The number of piperidine rings is 1. The SMILES string of the molecule is O=C(NC(N1CC2CC(C1)c1cccc(=O)n1C2)C(Cl)(Cl)Cl)c1ccc(Cl)cc1. The van der Waals surface area contributed by atoms with Crippen molar-refractivity contribution in [3.8, 4) is 0 Å². The van der Waals surface area contributed by atoms with Crippen LogP contribution in [0.5, 0.6) is 0 Å². The number of carbonyl (C=O) groups excluding carboxylic acids is 1. The summed E-state index contributed by atoms with van der Waals surface area (Å²) in [6.45, 7) is 1.83. The van der Waals surface area contributed by atoms with Crippen LogP contribution in [0.25, 0.3) is 0 Å².